The first-order valence-electron chi connectivity index (χ1n) is 5.43. The van der Waals surface area contributed by atoms with Crippen LogP contribution < -0.4 is 5.73 Å². The highest BCUT2D eigenvalue weighted by Gasteiger charge is 2.30. The van der Waals surface area contributed by atoms with Gasteiger partial charge in [0.15, 0.2) is 0 Å². The molecule has 0 amide bonds. The van der Waals surface area contributed by atoms with Gasteiger partial charge in [0.05, 0.1) is 4.90 Å². The van der Waals surface area contributed by atoms with Crippen molar-refractivity contribution < 1.29 is 8.42 Å². The molecule has 1 aromatic carbocycles. The third-order valence-electron chi connectivity index (χ3n) is 2.97. The number of benzene rings is 1. The Kier molecular flexibility index (Phi) is 5.20. The largest absolute Gasteiger partial charge is 0.326 e. The van der Waals surface area contributed by atoms with Crippen molar-refractivity contribution in [2.24, 2.45) is 5.73 Å². The highest BCUT2D eigenvalue weighted by molar-refractivity contribution is 9.10. The molecule has 18 heavy (non-hydrogen) atoms. The Morgan fingerprint density at radius 1 is 1.44 bits per heavy atom. The van der Waals surface area contributed by atoms with E-state index in [2.05, 4.69) is 15.9 Å². The van der Waals surface area contributed by atoms with Crippen molar-refractivity contribution in [3.63, 3.8) is 0 Å². The second-order valence-electron chi connectivity index (χ2n) is 4.32. The zero-order valence-electron chi connectivity index (χ0n) is 9.97. The Labute approximate surface area is 122 Å². The van der Waals surface area contributed by atoms with Gasteiger partial charge in [-0.05, 0) is 31.0 Å². The first kappa shape index (κ1) is 15.9. The summed E-state index contributed by atoms with van der Waals surface area (Å²) < 4.78 is 26.8. The molecule has 1 aromatic rings. The summed E-state index contributed by atoms with van der Waals surface area (Å²) in [7, 11) is -3.39. The summed E-state index contributed by atoms with van der Waals surface area (Å²) in [6, 6.07) is 5.04. The fraction of sp³-hybridized carbons (Fsp3) is 0.455. The number of sulfonamides is 1. The zero-order chi connectivity index (χ0) is 12.6. The smallest absolute Gasteiger partial charge is 0.243 e. The van der Waals surface area contributed by atoms with Crippen LogP contribution in [0.25, 0.3) is 0 Å². The maximum Gasteiger partial charge on any atom is 0.243 e. The molecule has 0 aliphatic carbocycles. The molecule has 7 heteroatoms. The molecule has 2 rings (SSSR count). The van der Waals surface area contributed by atoms with Crippen LogP contribution in [0, 0.1) is 6.92 Å². The molecule has 1 saturated heterocycles. The summed E-state index contributed by atoms with van der Waals surface area (Å²) in [5.74, 6) is 0. The molecule has 1 heterocycles. The average Bonchev–Trinajstić information content (AvgIpc) is 2.69. The van der Waals surface area contributed by atoms with Crippen molar-refractivity contribution in [2.75, 3.05) is 13.1 Å². The van der Waals surface area contributed by atoms with Gasteiger partial charge in [-0.1, -0.05) is 22.0 Å². The van der Waals surface area contributed by atoms with E-state index in [0.29, 0.717) is 18.0 Å². The minimum Gasteiger partial charge on any atom is -0.326 e. The Morgan fingerprint density at radius 3 is 2.61 bits per heavy atom. The van der Waals surface area contributed by atoms with Gasteiger partial charge in [0.2, 0.25) is 10.0 Å². The van der Waals surface area contributed by atoms with E-state index in [9.17, 15) is 8.42 Å². The molecule has 0 aromatic heterocycles. The van der Waals surface area contributed by atoms with E-state index in [0.717, 1.165) is 16.5 Å². The molecule has 1 aliphatic rings. The molecule has 4 nitrogen and oxygen atoms in total. The van der Waals surface area contributed by atoms with Crippen LogP contribution in [0.4, 0.5) is 0 Å². The van der Waals surface area contributed by atoms with E-state index in [4.69, 9.17) is 5.73 Å². The molecular weight excluding hydrogens is 340 g/mol. The van der Waals surface area contributed by atoms with Crippen LogP contribution in [0.5, 0.6) is 0 Å². The van der Waals surface area contributed by atoms with Crippen molar-refractivity contribution in [3.8, 4) is 0 Å². The summed E-state index contributed by atoms with van der Waals surface area (Å²) in [6.07, 6.45) is 0.728. The molecule has 0 spiro atoms. The first-order chi connectivity index (χ1) is 7.91. The van der Waals surface area contributed by atoms with E-state index < -0.39 is 10.0 Å². The van der Waals surface area contributed by atoms with Crippen LogP contribution in [0.15, 0.2) is 27.6 Å². The first-order valence-corrected chi connectivity index (χ1v) is 7.66. The second-order valence-corrected chi connectivity index (χ2v) is 7.12. The Morgan fingerprint density at radius 2 is 2.11 bits per heavy atom. The van der Waals surface area contributed by atoms with Gasteiger partial charge < -0.3 is 5.73 Å². The standard InChI is InChI=1S/C11H15BrN2O2S.ClH/c1-8-2-3-10(6-11(8)12)17(15,16)14-5-4-9(13)7-14;/h2-3,6,9H,4-5,7,13H2,1H3;1H/t9-;/m1./s1. The highest BCUT2D eigenvalue weighted by atomic mass is 79.9. The minimum absolute atomic E-state index is 0. The van der Waals surface area contributed by atoms with Gasteiger partial charge in [0.1, 0.15) is 0 Å². The molecule has 102 valence electrons. The number of hydrogen-bond acceptors (Lipinski definition) is 3. The molecule has 0 radical (unpaired) electrons. The van der Waals surface area contributed by atoms with Crippen LogP contribution in [0.2, 0.25) is 0 Å². The summed E-state index contributed by atoms with van der Waals surface area (Å²) in [5.41, 5.74) is 6.75. The topological polar surface area (TPSA) is 63.4 Å². The van der Waals surface area contributed by atoms with Crippen molar-refractivity contribution in [2.45, 2.75) is 24.3 Å². The number of halogens is 2. The van der Waals surface area contributed by atoms with E-state index in [1.807, 2.05) is 6.92 Å². The lowest BCUT2D eigenvalue weighted by atomic mass is 10.2. The fourth-order valence-corrected chi connectivity index (χ4v) is 3.92. The maximum atomic E-state index is 12.3. The number of rotatable bonds is 2. The Balaban J connectivity index is 0.00000162. The van der Waals surface area contributed by atoms with Gasteiger partial charge in [-0.2, -0.15) is 4.31 Å². The Hall–Kier alpha value is -0.140. The number of nitrogens with two attached hydrogens (primary N) is 1. The van der Waals surface area contributed by atoms with Crippen LogP contribution in [-0.2, 0) is 10.0 Å². The molecule has 0 unspecified atom stereocenters. The molecule has 1 atom stereocenters. The third-order valence-corrected chi connectivity index (χ3v) is 5.68. The van der Waals surface area contributed by atoms with Crippen LogP contribution in [-0.4, -0.2) is 31.9 Å². The molecule has 0 saturated carbocycles. The number of hydrogen-bond donors (Lipinski definition) is 1. The van der Waals surface area contributed by atoms with Crippen molar-refractivity contribution in [3.05, 3.63) is 28.2 Å². The fourth-order valence-electron chi connectivity index (χ4n) is 1.86. The minimum atomic E-state index is -3.39. The maximum absolute atomic E-state index is 12.3. The number of nitrogens with zero attached hydrogens (tertiary/aromatic N) is 1. The van der Waals surface area contributed by atoms with Crippen LogP contribution >= 0.6 is 28.3 Å². The summed E-state index contributed by atoms with van der Waals surface area (Å²) in [4.78, 5) is 0.323. The predicted molar refractivity (Wildman–Crippen MR) is 77.5 cm³/mol. The van der Waals surface area contributed by atoms with Gasteiger partial charge in [0.25, 0.3) is 0 Å². The van der Waals surface area contributed by atoms with Gasteiger partial charge >= 0.3 is 0 Å². The lowest BCUT2D eigenvalue weighted by Gasteiger charge is -2.16. The quantitative estimate of drug-likeness (QED) is 0.881. The Bertz CT molecular complexity index is 536. The van der Waals surface area contributed by atoms with Crippen LogP contribution in [0.3, 0.4) is 0 Å². The van der Waals surface area contributed by atoms with Gasteiger partial charge in [-0.25, -0.2) is 8.42 Å². The third kappa shape index (κ3) is 3.05. The zero-order valence-corrected chi connectivity index (χ0v) is 13.2. The average molecular weight is 356 g/mol. The molecule has 1 aliphatic heterocycles. The second kappa shape index (κ2) is 5.88. The SMILES string of the molecule is Cc1ccc(S(=O)(=O)N2CC[C@@H](N)C2)cc1Br.Cl. The van der Waals surface area contributed by atoms with Gasteiger partial charge in [-0.3, -0.25) is 0 Å². The molecule has 1 fully saturated rings. The monoisotopic (exact) mass is 354 g/mol. The van der Waals surface area contributed by atoms with E-state index in [1.165, 1.54) is 4.31 Å². The van der Waals surface area contributed by atoms with E-state index in [1.54, 1.807) is 18.2 Å². The van der Waals surface area contributed by atoms with Gasteiger partial charge in [0, 0.05) is 23.6 Å². The summed E-state index contributed by atoms with van der Waals surface area (Å²) >= 11 is 3.35. The van der Waals surface area contributed by atoms with E-state index in [-0.39, 0.29) is 18.4 Å². The van der Waals surface area contributed by atoms with Gasteiger partial charge in [-0.15, -0.1) is 12.4 Å². The molecule has 2 N–H and O–H groups in total. The summed E-state index contributed by atoms with van der Waals surface area (Å²) in [6.45, 7) is 2.84. The molecule has 0 bridgehead atoms. The lowest BCUT2D eigenvalue weighted by molar-refractivity contribution is 0.472. The lowest BCUT2D eigenvalue weighted by Crippen LogP contribution is -2.31. The van der Waals surface area contributed by atoms with Crippen molar-refractivity contribution in [1.82, 2.24) is 4.31 Å². The predicted octanol–water partition coefficient (Wildman–Crippen LogP) is 1.90. The van der Waals surface area contributed by atoms with E-state index >= 15 is 0 Å². The highest BCUT2D eigenvalue weighted by Crippen LogP contribution is 2.25. The summed E-state index contributed by atoms with van der Waals surface area (Å²) in [5, 5.41) is 0. The normalized spacial score (nSPS) is 20.7. The van der Waals surface area contributed by atoms with Crippen molar-refractivity contribution >= 4 is 38.4 Å². The van der Waals surface area contributed by atoms with Crippen molar-refractivity contribution in [1.29, 1.82) is 0 Å². The number of aryl methyl sites for hydroxylation is 1. The van der Waals surface area contributed by atoms with Crippen LogP contribution in [0.1, 0.15) is 12.0 Å². The molecular formula is C11H16BrClN2O2S.